The van der Waals surface area contributed by atoms with Gasteiger partial charge in [-0.2, -0.15) is 0 Å². The Hall–Kier alpha value is -1.04. The zero-order valence-corrected chi connectivity index (χ0v) is 17.3. The molecule has 0 radical (unpaired) electrons. The number of benzene rings is 2. The molecule has 3 nitrogen and oxygen atoms in total. The van der Waals surface area contributed by atoms with Crippen molar-refractivity contribution in [1.29, 1.82) is 0 Å². The standard InChI is InChI=1S/C19H23Br2NO2/c1-3-22(4-2)11-12-23-17-8-5-15(6-9-17)14-24-19-10-7-16(20)13-18(19)21/h5-10,13H,3-4,11-12,14H2,1-2H3. The van der Waals surface area contributed by atoms with Crippen molar-refractivity contribution in [1.82, 2.24) is 4.90 Å². The molecule has 0 heterocycles. The molecule has 0 spiro atoms. The second-order valence-corrected chi connectivity index (χ2v) is 7.15. The number of rotatable bonds is 9. The van der Waals surface area contributed by atoms with Crippen LogP contribution in [0.2, 0.25) is 0 Å². The van der Waals surface area contributed by atoms with Crippen LogP contribution in [0.1, 0.15) is 19.4 Å². The van der Waals surface area contributed by atoms with E-state index in [1.165, 1.54) is 0 Å². The third-order valence-electron chi connectivity index (χ3n) is 3.78. The SMILES string of the molecule is CCN(CC)CCOc1ccc(COc2ccc(Br)cc2Br)cc1. The van der Waals surface area contributed by atoms with Crippen LogP contribution in [0.5, 0.6) is 11.5 Å². The van der Waals surface area contributed by atoms with Gasteiger partial charge in [0, 0.05) is 11.0 Å². The molecule has 0 aromatic heterocycles. The summed E-state index contributed by atoms with van der Waals surface area (Å²) in [5, 5.41) is 0. The molecule has 0 N–H and O–H groups in total. The predicted molar refractivity (Wildman–Crippen MR) is 106 cm³/mol. The smallest absolute Gasteiger partial charge is 0.134 e. The monoisotopic (exact) mass is 455 g/mol. The van der Waals surface area contributed by atoms with Crippen molar-refractivity contribution in [3.63, 3.8) is 0 Å². The summed E-state index contributed by atoms with van der Waals surface area (Å²) in [6, 6.07) is 14.0. The van der Waals surface area contributed by atoms with E-state index in [2.05, 4.69) is 50.6 Å². The molecule has 2 aromatic carbocycles. The second kappa shape index (κ2) is 10.1. The summed E-state index contributed by atoms with van der Waals surface area (Å²) in [7, 11) is 0. The first kappa shape index (κ1) is 19.3. The van der Waals surface area contributed by atoms with Gasteiger partial charge in [0.15, 0.2) is 0 Å². The number of likely N-dealkylation sites (N-methyl/N-ethyl adjacent to an activating group) is 1. The lowest BCUT2D eigenvalue weighted by atomic mass is 10.2. The van der Waals surface area contributed by atoms with Gasteiger partial charge in [0.05, 0.1) is 4.47 Å². The Morgan fingerprint density at radius 3 is 2.25 bits per heavy atom. The molecule has 0 atom stereocenters. The Balaban J connectivity index is 1.81. The molecule has 2 aromatic rings. The highest BCUT2D eigenvalue weighted by molar-refractivity contribution is 9.11. The zero-order chi connectivity index (χ0) is 17.4. The molecule has 0 saturated carbocycles. The summed E-state index contributed by atoms with van der Waals surface area (Å²) < 4.78 is 13.6. The van der Waals surface area contributed by atoms with Crippen LogP contribution in [0.15, 0.2) is 51.4 Å². The molecule has 0 fully saturated rings. The molecule has 24 heavy (non-hydrogen) atoms. The summed E-state index contributed by atoms with van der Waals surface area (Å²) in [6.07, 6.45) is 0. The van der Waals surface area contributed by atoms with Crippen LogP contribution in [0, 0.1) is 0 Å². The van der Waals surface area contributed by atoms with Gasteiger partial charge < -0.3 is 14.4 Å². The predicted octanol–water partition coefficient (Wildman–Crippen LogP) is 5.51. The van der Waals surface area contributed by atoms with E-state index in [9.17, 15) is 0 Å². The highest BCUT2D eigenvalue weighted by Crippen LogP contribution is 2.28. The molecule has 5 heteroatoms. The Bertz CT molecular complexity index is 628. The van der Waals surface area contributed by atoms with E-state index in [1.807, 2.05) is 42.5 Å². The van der Waals surface area contributed by atoms with E-state index in [0.717, 1.165) is 45.6 Å². The maximum atomic E-state index is 5.84. The lowest BCUT2D eigenvalue weighted by Crippen LogP contribution is -2.27. The van der Waals surface area contributed by atoms with E-state index in [0.29, 0.717) is 13.2 Å². The van der Waals surface area contributed by atoms with Crippen molar-refractivity contribution in [2.45, 2.75) is 20.5 Å². The van der Waals surface area contributed by atoms with E-state index in [4.69, 9.17) is 9.47 Å². The van der Waals surface area contributed by atoms with Gasteiger partial charge in [-0.3, -0.25) is 0 Å². The summed E-state index contributed by atoms with van der Waals surface area (Å²) in [5.74, 6) is 1.73. The quantitative estimate of drug-likeness (QED) is 0.496. The fourth-order valence-corrected chi connectivity index (χ4v) is 3.43. The molecule has 0 unspecified atom stereocenters. The Morgan fingerprint density at radius 1 is 0.917 bits per heavy atom. The molecule has 0 aliphatic carbocycles. The van der Waals surface area contributed by atoms with Gasteiger partial charge in [0.25, 0.3) is 0 Å². The van der Waals surface area contributed by atoms with Gasteiger partial charge in [0.1, 0.15) is 24.7 Å². The second-order valence-electron chi connectivity index (χ2n) is 5.38. The summed E-state index contributed by atoms with van der Waals surface area (Å²) in [6.45, 7) is 8.65. The first-order valence-electron chi connectivity index (χ1n) is 8.14. The van der Waals surface area contributed by atoms with Crippen LogP contribution in [-0.2, 0) is 6.61 Å². The highest BCUT2D eigenvalue weighted by atomic mass is 79.9. The van der Waals surface area contributed by atoms with Gasteiger partial charge >= 0.3 is 0 Å². The van der Waals surface area contributed by atoms with E-state index < -0.39 is 0 Å². The van der Waals surface area contributed by atoms with Gasteiger partial charge in [-0.15, -0.1) is 0 Å². The van der Waals surface area contributed by atoms with E-state index >= 15 is 0 Å². The maximum absolute atomic E-state index is 5.84. The molecule has 2 rings (SSSR count). The third kappa shape index (κ3) is 6.11. The van der Waals surface area contributed by atoms with Crippen LogP contribution in [0.3, 0.4) is 0 Å². The van der Waals surface area contributed by atoms with E-state index in [1.54, 1.807) is 0 Å². The average molecular weight is 457 g/mol. The summed E-state index contributed by atoms with van der Waals surface area (Å²) in [5.41, 5.74) is 1.11. The fourth-order valence-electron chi connectivity index (χ4n) is 2.27. The maximum Gasteiger partial charge on any atom is 0.134 e. The minimum absolute atomic E-state index is 0.528. The number of hydrogen-bond acceptors (Lipinski definition) is 3. The van der Waals surface area contributed by atoms with Crippen LogP contribution in [0.4, 0.5) is 0 Å². The van der Waals surface area contributed by atoms with Gasteiger partial charge in [-0.05, 0) is 64.9 Å². The number of hydrogen-bond donors (Lipinski definition) is 0. The molecule has 0 saturated heterocycles. The first-order chi connectivity index (χ1) is 11.6. The third-order valence-corrected chi connectivity index (χ3v) is 4.90. The van der Waals surface area contributed by atoms with Gasteiger partial charge in [-0.25, -0.2) is 0 Å². The number of nitrogens with zero attached hydrogens (tertiary/aromatic N) is 1. The van der Waals surface area contributed by atoms with Crippen LogP contribution < -0.4 is 9.47 Å². The summed E-state index contributed by atoms with van der Waals surface area (Å²) >= 11 is 6.94. The molecule has 0 aliphatic rings. The fraction of sp³-hybridized carbons (Fsp3) is 0.368. The first-order valence-corrected chi connectivity index (χ1v) is 9.73. The molecule has 0 aliphatic heterocycles. The average Bonchev–Trinajstić information content (AvgIpc) is 2.59. The lowest BCUT2D eigenvalue weighted by Gasteiger charge is -2.18. The topological polar surface area (TPSA) is 21.7 Å². The normalized spacial score (nSPS) is 10.9. The van der Waals surface area contributed by atoms with Crippen molar-refractivity contribution < 1.29 is 9.47 Å². The number of ether oxygens (including phenoxy) is 2. The molecular formula is C19H23Br2NO2. The Kier molecular flexibility index (Phi) is 8.09. The van der Waals surface area contributed by atoms with E-state index in [-0.39, 0.29) is 0 Å². The van der Waals surface area contributed by atoms with Crippen LogP contribution >= 0.6 is 31.9 Å². The largest absolute Gasteiger partial charge is 0.492 e. The summed E-state index contributed by atoms with van der Waals surface area (Å²) in [4.78, 5) is 2.35. The lowest BCUT2D eigenvalue weighted by molar-refractivity contribution is 0.222. The van der Waals surface area contributed by atoms with Crippen molar-refractivity contribution >= 4 is 31.9 Å². The molecule has 0 amide bonds. The van der Waals surface area contributed by atoms with Gasteiger partial charge in [-0.1, -0.05) is 41.9 Å². The zero-order valence-electron chi connectivity index (χ0n) is 14.1. The van der Waals surface area contributed by atoms with Crippen LogP contribution in [-0.4, -0.2) is 31.1 Å². The molecule has 130 valence electrons. The van der Waals surface area contributed by atoms with Crippen molar-refractivity contribution in [2.24, 2.45) is 0 Å². The Morgan fingerprint density at radius 2 is 1.62 bits per heavy atom. The van der Waals surface area contributed by atoms with Crippen molar-refractivity contribution in [3.8, 4) is 11.5 Å². The number of halogens is 2. The highest BCUT2D eigenvalue weighted by Gasteiger charge is 2.03. The molecule has 0 bridgehead atoms. The van der Waals surface area contributed by atoms with Crippen LogP contribution in [0.25, 0.3) is 0 Å². The minimum Gasteiger partial charge on any atom is -0.492 e. The molecular weight excluding hydrogens is 434 g/mol. The minimum atomic E-state index is 0.528. The van der Waals surface area contributed by atoms with Gasteiger partial charge in [0.2, 0.25) is 0 Å². The Labute approximate surface area is 161 Å². The van der Waals surface area contributed by atoms with Crippen molar-refractivity contribution in [2.75, 3.05) is 26.2 Å². The van der Waals surface area contributed by atoms with Crippen molar-refractivity contribution in [3.05, 3.63) is 57.0 Å².